The summed E-state index contributed by atoms with van der Waals surface area (Å²) in [5.41, 5.74) is 6.25. The zero-order valence-corrected chi connectivity index (χ0v) is 19.3. The fraction of sp³-hybridized carbons (Fsp3) is 0.286. The summed E-state index contributed by atoms with van der Waals surface area (Å²) in [6.07, 6.45) is 6.09. The van der Waals surface area contributed by atoms with Crippen LogP contribution < -0.4 is 0 Å². The van der Waals surface area contributed by atoms with E-state index in [4.69, 9.17) is 0 Å². The number of aromatic nitrogens is 2. The maximum absolute atomic E-state index is 10.1. The third-order valence-corrected chi connectivity index (χ3v) is 7.32. The van der Waals surface area contributed by atoms with E-state index in [1.165, 1.54) is 39.9 Å². The van der Waals surface area contributed by atoms with Gasteiger partial charge < -0.3 is 15.2 Å². The number of aromatic amines is 1. The molecule has 2 heterocycles. The highest BCUT2D eigenvalue weighted by molar-refractivity contribution is 5.89. The average molecular weight is 442 g/mol. The monoisotopic (exact) mass is 441 g/mol. The van der Waals surface area contributed by atoms with Gasteiger partial charge in [0.1, 0.15) is 0 Å². The van der Waals surface area contributed by atoms with E-state index in [1.807, 2.05) is 0 Å². The Labute approximate surface area is 194 Å². The molecule has 2 aromatic carbocycles. The molecule has 1 atom stereocenters. The lowest BCUT2D eigenvalue weighted by Crippen LogP contribution is -2.42. The molecule has 4 aromatic rings. The quantitative estimate of drug-likeness (QED) is 0.362. The van der Waals surface area contributed by atoms with E-state index in [-0.39, 0.29) is 17.3 Å². The number of para-hydroxylation sites is 1. The first-order valence-corrected chi connectivity index (χ1v) is 11.6. The highest BCUT2D eigenvalue weighted by atomic mass is 16.3. The fourth-order valence-electron chi connectivity index (χ4n) is 5.37. The Hall–Kier alpha value is -3.44. The molecule has 0 saturated heterocycles. The Bertz CT molecular complexity index is 1280. The molecule has 0 amide bonds. The normalized spacial score (nSPS) is 18.7. The number of nitrogens with one attached hydrogen (secondary N) is 1. The number of H-pyrrole nitrogens is 1. The summed E-state index contributed by atoms with van der Waals surface area (Å²) < 4.78 is 1.55. The first kappa shape index (κ1) is 21.4. The van der Waals surface area contributed by atoms with Gasteiger partial charge in [-0.05, 0) is 62.5 Å². The number of benzene rings is 2. The zero-order chi connectivity index (χ0) is 23.0. The lowest BCUT2D eigenvalue weighted by Gasteiger charge is -2.43. The Morgan fingerprint density at radius 1 is 0.939 bits per heavy atom. The second-order valence-electron chi connectivity index (χ2n) is 9.20. The summed E-state index contributed by atoms with van der Waals surface area (Å²) in [4.78, 5) is 6.03. The molecular weight excluding hydrogens is 410 g/mol. The molecule has 0 aliphatic heterocycles. The lowest BCUT2D eigenvalue weighted by molar-refractivity contribution is 0.138. The molecule has 5 rings (SSSR count). The second kappa shape index (κ2) is 8.49. The smallest absolute Gasteiger partial charge is 0.193 e. The van der Waals surface area contributed by atoms with Crippen LogP contribution in [0.1, 0.15) is 36.1 Å². The van der Waals surface area contributed by atoms with Gasteiger partial charge in [-0.25, -0.2) is 0 Å². The highest BCUT2D eigenvalue weighted by Gasteiger charge is 2.36. The Kier molecular flexibility index (Phi) is 5.51. The van der Waals surface area contributed by atoms with Crippen LogP contribution in [0.5, 0.6) is 11.8 Å². The van der Waals surface area contributed by atoms with E-state index in [0.717, 1.165) is 24.8 Å². The minimum absolute atomic E-state index is 0.000339. The number of nitrogens with zero attached hydrogens (tertiary/aromatic N) is 2. The van der Waals surface area contributed by atoms with Crippen LogP contribution in [0.4, 0.5) is 0 Å². The predicted molar refractivity (Wildman–Crippen MR) is 133 cm³/mol. The number of aromatic hydroxyl groups is 2. The van der Waals surface area contributed by atoms with Gasteiger partial charge in [0, 0.05) is 40.8 Å². The standard InChI is InChI=1S/C28H31N3O2/c1-30(2)28(21-8-4-3-5-9-21)17-14-20(15-18-28)27-23(22-10-6-7-11-24(22)29-27)16-19-31-25(32)12-13-26(31)33/h3-14,29,32-33H,15-19H2,1-2H3. The number of hydrogen-bond donors (Lipinski definition) is 3. The van der Waals surface area contributed by atoms with E-state index < -0.39 is 0 Å². The van der Waals surface area contributed by atoms with Gasteiger partial charge in [0.15, 0.2) is 11.8 Å². The van der Waals surface area contributed by atoms with Gasteiger partial charge in [-0.15, -0.1) is 0 Å². The molecule has 1 aliphatic carbocycles. The first-order chi connectivity index (χ1) is 16.0. The SMILES string of the molecule is CN(C)C1(c2ccccc2)CC=C(c2[nH]c3ccccc3c2CCn2c(O)ccc2O)CC1. The molecule has 0 fully saturated rings. The minimum atomic E-state index is -0.000339. The zero-order valence-electron chi connectivity index (χ0n) is 19.3. The van der Waals surface area contributed by atoms with E-state index in [9.17, 15) is 10.2 Å². The highest BCUT2D eigenvalue weighted by Crippen LogP contribution is 2.44. The van der Waals surface area contributed by atoms with Crippen LogP contribution in [0.2, 0.25) is 0 Å². The van der Waals surface area contributed by atoms with Crippen molar-refractivity contribution in [3.05, 3.63) is 89.6 Å². The summed E-state index contributed by atoms with van der Waals surface area (Å²) in [7, 11) is 4.35. The Balaban J connectivity index is 1.51. The summed E-state index contributed by atoms with van der Waals surface area (Å²) >= 11 is 0. The fourth-order valence-corrected chi connectivity index (χ4v) is 5.37. The van der Waals surface area contributed by atoms with Gasteiger partial charge in [0.05, 0.1) is 0 Å². The lowest BCUT2D eigenvalue weighted by atomic mass is 9.75. The molecule has 0 saturated carbocycles. The number of aryl methyl sites for hydroxylation is 1. The maximum Gasteiger partial charge on any atom is 0.193 e. The molecule has 0 bridgehead atoms. The molecular formula is C28H31N3O2. The van der Waals surface area contributed by atoms with Gasteiger partial charge in [-0.2, -0.15) is 0 Å². The average Bonchev–Trinajstić information content (AvgIpc) is 3.37. The number of hydrogen-bond acceptors (Lipinski definition) is 3. The van der Waals surface area contributed by atoms with Gasteiger partial charge in [-0.1, -0.05) is 54.6 Å². The summed E-state index contributed by atoms with van der Waals surface area (Å²) in [5, 5.41) is 21.4. The van der Waals surface area contributed by atoms with E-state index >= 15 is 0 Å². The van der Waals surface area contributed by atoms with Crippen LogP contribution in [0.3, 0.4) is 0 Å². The Morgan fingerprint density at radius 3 is 2.30 bits per heavy atom. The Morgan fingerprint density at radius 2 is 1.64 bits per heavy atom. The molecule has 1 aliphatic rings. The first-order valence-electron chi connectivity index (χ1n) is 11.6. The topological polar surface area (TPSA) is 64.4 Å². The van der Waals surface area contributed by atoms with Gasteiger partial charge >= 0.3 is 0 Å². The van der Waals surface area contributed by atoms with Crippen molar-refractivity contribution >= 4 is 16.5 Å². The molecule has 170 valence electrons. The minimum Gasteiger partial charge on any atom is -0.494 e. The molecule has 2 aromatic heterocycles. The third kappa shape index (κ3) is 3.72. The second-order valence-corrected chi connectivity index (χ2v) is 9.20. The number of allylic oxidation sites excluding steroid dienone is 1. The third-order valence-electron chi connectivity index (χ3n) is 7.32. The van der Waals surface area contributed by atoms with Gasteiger partial charge in [0.2, 0.25) is 0 Å². The summed E-state index contributed by atoms with van der Waals surface area (Å²) in [6.45, 7) is 0.512. The van der Waals surface area contributed by atoms with Crippen molar-refractivity contribution in [2.24, 2.45) is 0 Å². The van der Waals surface area contributed by atoms with Crippen LogP contribution in [-0.4, -0.2) is 38.8 Å². The van der Waals surface area contributed by atoms with Crippen molar-refractivity contribution < 1.29 is 10.2 Å². The molecule has 5 nitrogen and oxygen atoms in total. The summed E-state index contributed by atoms with van der Waals surface area (Å²) in [6, 6.07) is 22.2. The molecule has 1 unspecified atom stereocenters. The molecule has 0 spiro atoms. The van der Waals surface area contributed by atoms with Crippen molar-refractivity contribution in [2.45, 2.75) is 37.8 Å². The molecule has 3 N–H and O–H groups in total. The molecule has 0 radical (unpaired) electrons. The van der Waals surface area contributed by atoms with Crippen molar-refractivity contribution in [1.82, 2.24) is 14.5 Å². The van der Waals surface area contributed by atoms with Crippen LogP contribution >= 0.6 is 0 Å². The van der Waals surface area contributed by atoms with Crippen LogP contribution in [0, 0.1) is 0 Å². The largest absolute Gasteiger partial charge is 0.494 e. The van der Waals surface area contributed by atoms with Gasteiger partial charge in [-0.3, -0.25) is 9.47 Å². The van der Waals surface area contributed by atoms with Crippen molar-refractivity contribution in [3.63, 3.8) is 0 Å². The number of rotatable bonds is 6. The number of fused-ring (bicyclic) bond motifs is 1. The van der Waals surface area contributed by atoms with Crippen LogP contribution in [-0.2, 0) is 18.5 Å². The van der Waals surface area contributed by atoms with E-state index in [0.29, 0.717) is 13.0 Å². The van der Waals surface area contributed by atoms with E-state index in [2.05, 4.69) is 84.7 Å². The van der Waals surface area contributed by atoms with Crippen LogP contribution in [0.25, 0.3) is 16.5 Å². The van der Waals surface area contributed by atoms with Gasteiger partial charge in [0.25, 0.3) is 0 Å². The molecule has 5 heteroatoms. The van der Waals surface area contributed by atoms with Crippen molar-refractivity contribution in [3.8, 4) is 11.8 Å². The maximum atomic E-state index is 10.1. The summed E-state index contributed by atoms with van der Waals surface area (Å²) in [5.74, 6) is 0.175. The predicted octanol–water partition coefficient (Wildman–Crippen LogP) is 5.65. The van der Waals surface area contributed by atoms with E-state index in [1.54, 1.807) is 4.57 Å². The van der Waals surface area contributed by atoms with Crippen molar-refractivity contribution in [1.29, 1.82) is 0 Å². The van der Waals surface area contributed by atoms with Crippen molar-refractivity contribution in [2.75, 3.05) is 14.1 Å². The molecule has 33 heavy (non-hydrogen) atoms. The van der Waals surface area contributed by atoms with Crippen LogP contribution in [0.15, 0.2) is 72.8 Å².